The molecule has 0 atom stereocenters. The molecule has 2 aromatic carbocycles. The number of fused-ring (bicyclic) bond motifs is 2. The van der Waals surface area contributed by atoms with Crippen LogP contribution in [0, 0.1) is 0 Å². The van der Waals surface area contributed by atoms with E-state index in [9.17, 15) is 18.0 Å². The van der Waals surface area contributed by atoms with E-state index in [0.29, 0.717) is 15.2 Å². The number of nitrogens with zero attached hydrogens (tertiary/aromatic N) is 1. The number of hydrogen-bond donors (Lipinski definition) is 1. The average molecular weight is 435 g/mol. The van der Waals surface area contributed by atoms with Gasteiger partial charge in [-0.05, 0) is 36.4 Å². The van der Waals surface area contributed by atoms with Crippen LogP contribution in [0.5, 0.6) is 0 Å². The van der Waals surface area contributed by atoms with Gasteiger partial charge in [-0.15, -0.1) is 0 Å². The molecule has 0 saturated heterocycles. The molecule has 1 N–H and O–H groups in total. The summed E-state index contributed by atoms with van der Waals surface area (Å²) in [4.78, 5) is 29.1. The zero-order chi connectivity index (χ0) is 20.1. The first-order chi connectivity index (χ1) is 13.2. The van der Waals surface area contributed by atoms with Crippen molar-refractivity contribution < 1.29 is 17.6 Å². The van der Waals surface area contributed by atoms with Crippen molar-refractivity contribution in [2.45, 2.75) is 4.90 Å². The zero-order valence-corrected chi connectivity index (χ0v) is 16.6. The molecule has 142 valence electrons. The number of carbonyl (C=O) groups excluding carboxylic acids is 1. The van der Waals surface area contributed by atoms with Crippen molar-refractivity contribution in [1.29, 1.82) is 0 Å². The maximum atomic E-state index is 12.5. The number of aromatic nitrogens is 1. The Morgan fingerprint density at radius 2 is 1.96 bits per heavy atom. The molecule has 7 nitrogen and oxygen atoms in total. The van der Waals surface area contributed by atoms with Crippen LogP contribution in [0.25, 0.3) is 21.2 Å². The molecular formula is C18H11ClN2O5S2. The van der Waals surface area contributed by atoms with Gasteiger partial charge < -0.3 is 4.42 Å². The van der Waals surface area contributed by atoms with Crippen LogP contribution < -0.4 is 10.7 Å². The number of rotatable bonds is 3. The molecule has 0 bridgehead atoms. The zero-order valence-electron chi connectivity index (χ0n) is 14.2. The van der Waals surface area contributed by atoms with Crippen molar-refractivity contribution in [2.75, 3.05) is 11.6 Å². The minimum atomic E-state index is -3.35. The fraction of sp³-hybridized carbons (Fsp3) is 0.0556. The minimum absolute atomic E-state index is 0.167. The lowest BCUT2D eigenvalue weighted by Gasteiger charge is -2.03. The number of halogens is 1. The Labute approximate surface area is 167 Å². The van der Waals surface area contributed by atoms with Gasteiger partial charge in [0.1, 0.15) is 5.58 Å². The summed E-state index contributed by atoms with van der Waals surface area (Å²) in [5, 5.41) is 3.49. The molecule has 28 heavy (non-hydrogen) atoms. The predicted octanol–water partition coefficient (Wildman–Crippen LogP) is 3.71. The highest BCUT2D eigenvalue weighted by atomic mass is 35.5. The molecule has 0 aliphatic rings. The first kappa shape index (κ1) is 18.6. The second-order valence-electron chi connectivity index (χ2n) is 5.99. The molecule has 2 heterocycles. The van der Waals surface area contributed by atoms with E-state index in [-0.39, 0.29) is 26.8 Å². The summed E-state index contributed by atoms with van der Waals surface area (Å²) in [5.74, 6) is -0.813. The summed E-state index contributed by atoms with van der Waals surface area (Å²) >= 11 is 6.99. The molecule has 0 unspecified atom stereocenters. The van der Waals surface area contributed by atoms with E-state index in [2.05, 4.69) is 10.3 Å². The standard InChI is InChI=1S/C18H11ClN2O5S2/c1-28(24,25)10-3-4-12-16(7-10)27-18(20-12)21-17(23)15-8-13(22)11-6-9(19)2-5-14(11)26-15/h2-8H,1H3,(H,20,21,23). The normalized spacial score (nSPS) is 11.8. The second-order valence-corrected chi connectivity index (χ2v) is 9.47. The highest BCUT2D eigenvalue weighted by molar-refractivity contribution is 7.90. The van der Waals surface area contributed by atoms with Crippen LogP contribution in [0.3, 0.4) is 0 Å². The Morgan fingerprint density at radius 1 is 1.18 bits per heavy atom. The molecule has 2 aromatic heterocycles. The monoisotopic (exact) mass is 434 g/mol. The van der Waals surface area contributed by atoms with Crippen molar-refractivity contribution in [3.05, 3.63) is 63.5 Å². The van der Waals surface area contributed by atoms with Crippen LogP contribution in [-0.4, -0.2) is 25.6 Å². The summed E-state index contributed by atoms with van der Waals surface area (Å²) in [5.41, 5.74) is 0.391. The largest absolute Gasteiger partial charge is 0.451 e. The fourth-order valence-corrected chi connectivity index (χ4v) is 4.38. The topological polar surface area (TPSA) is 106 Å². The molecule has 0 aliphatic carbocycles. The first-order valence-corrected chi connectivity index (χ1v) is 10.9. The van der Waals surface area contributed by atoms with E-state index < -0.39 is 21.2 Å². The quantitative estimate of drug-likeness (QED) is 0.526. The van der Waals surface area contributed by atoms with E-state index in [1.807, 2.05) is 0 Å². The van der Waals surface area contributed by atoms with E-state index >= 15 is 0 Å². The smallest absolute Gasteiger partial charge is 0.293 e. The number of carbonyl (C=O) groups is 1. The van der Waals surface area contributed by atoms with E-state index in [1.54, 1.807) is 12.1 Å². The molecule has 4 aromatic rings. The Bertz CT molecular complexity index is 1420. The van der Waals surface area contributed by atoms with Crippen molar-refractivity contribution in [3.8, 4) is 0 Å². The number of hydrogen-bond acceptors (Lipinski definition) is 7. The van der Waals surface area contributed by atoms with Crippen molar-refractivity contribution in [1.82, 2.24) is 4.98 Å². The summed E-state index contributed by atoms with van der Waals surface area (Å²) < 4.78 is 29.4. The van der Waals surface area contributed by atoms with Crippen molar-refractivity contribution in [2.24, 2.45) is 0 Å². The third-order valence-corrected chi connectivity index (χ3v) is 6.20. The van der Waals surface area contributed by atoms with Crippen molar-refractivity contribution in [3.63, 3.8) is 0 Å². The number of benzene rings is 2. The Hall–Kier alpha value is -2.75. The second kappa shape index (κ2) is 6.69. The molecule has 1 amide bonds. The minimum Gasteiger partial charge on any atom is -0.451 e. The molecule has 4 rings (SSSR count). The summed E-state index contributed by atoms with van der Waals surface area (Å²) in [6, 6.07) is 10.1. The Balaban J connectivity index is 1.67. The third kappa shape index (κ3) is 3.51. The highest BCUT2D eigenvalue weighted by Gasteiger charge is 2.16. The molecule has 0 saturated carbocycles. The lowest BCUT2D eigenvalue weighted by Crippen LogP contribution is -2.14. The lowest BCUT2D eigenvalue weighted by atomic mass is 10.2. The van der Waals surface area contributed by atoms with E-state index in [4.69, 9.17) is 16.0 Å². The number of amides is 1. The van der Waals surface area contributed by atoms with E-state index in [1.165, 1.54) is 24.3 Å². The number of sulfone groups is 1. The average Bonchev–Trinajstić information content (AvgIpc) is 3.02. The molecule has 0 radical (unpaired) electrons. The Morgan fingerprint density at radius 3 is 2.71 bits per heavy atom. The van der Waals surface area contributed by atoms with Crippen molar-refractivity contribution >= 4 is 65.0 Å². The maximum absolute atomic E-state index is 12.5. The predicted molar refractivity (Wildman–Crippen MR) is 108 cm³/mol. The first-order valence-electron chi connectivity index (χ1n) is 7.86. The van der Waals surface area contributed by atoms with Gasteiger partial charge in [-0.25, -0.2) is 13.4 Å². The van der Waals surface area contributed by atoms with Gasteiger partial charge in [-0.2, -0.15) is 0 Å². The molecule has 10 heteroatoms. The SMILES string of the molecule is CS(=O)(=O)c1ccc2nc(NC(=O)c3cc(=O)c4cc(Cl)ccc4o3)sc2c1. The number of thiazole rings is 1. The van der Waals surface area contributed by atoms with Crippen LogP contribution in [0.1, 0.15) is 10.6 Å². The maximum Gasteiger partial charge on any atom is 0.293 e. The highest BCUT2D eigenvalue weighted by Crippen LogP contribution is 2.28. The number of nitrogens with one attached hydrogen (secondary N) is 1. The van der Waals surface area contributed by atoms with Crippen LogP contribution in [-0.2, 0) is 9.84 Å². The van der Waals surface area contributed by atoms with Gasteiger partial charge >= 0.3 is 0 Å². The molecule has 0 fully saturated rings. The fourth-order valence-electron chi connectivity index (χ4n) is 2.59. The van der Waals surface area contributed by atoms with Gasteiger partial charge in [0.05, 0.1) is 20.5 Å². The van der Waals surface area contributed by atoms with Gasteiger partial charge in [0.15, 0.2) is 26.2 Å². The summed E-state index contributed by atoms with van der Waals surface area (Å²) in [7, 11) is -3.35. The van der Waals surface area contributed by atoms with E-state index in [0.717, 1.165) is 23.7 Å². The lowest BCUT2D eigenvalue weighted by molar-refractivity contribution is 0.0997. The van der Waals surface area contributed by atoms with Gasteiger partial charge in [-0.1, -0.05) is 22.9 Å². The summed E-state index contributed by atoms with van der Waals surface area (Å²) in [6.07, 6.45) is 1.12. The molecule has 0 spiro atoms. The van der Waals surface area contributed by atoms with Gasteiger partial charge in [0.25, 0.3) is 5.91 Å². The third-order valence-electron chi connectivity index (χ3n) is 3.92. The molecular weight excluding hydrogens is 424 g/mol. The van der Waals surface area contributed by atoms with Gasteiger partial charge in [0.2, 0.25) is 0 Å². The summed E-state index contributed by atoms with van der Waals surface area (Å²) in [6.45, 7) is 0. The van der Waals surface area contributed by atoms with Crippen LogP contribution >= 0.6 is 22.9 Å². The van der Waals surface area contributed by atoms with Crippen LogP contribution in [0.4, 0.5) is 5.13 Å². The Kier molecular flexibility index (Phi) is 4.45. The van der Waals surface area contributed by atoms with Gasteiger partial charge in [0, 0.05) is 17.3 Å². The molecule has 0 aliphatic heterocycles. The van der Waals surface area contributed by atoms with Crippen LogP contribution in [0.15, 0.2) is 56.6 Å². The van der Waals surface area contributed by atoms with Gasteiger partial charge in [-0.3, -0.25) is 14.9 Å². The number of anilines is 1. The van der Waals surface area contributed by atoms with Crippen LogP contribution in [0.2, 0.25) is 5.02 Å².